The van der Waals surface area contributed by atoms with E-state index < -0.39 is 28.5 Å². The molecule has 0 spiro atoms. The van der Waals surface area contributed by atoms with E-state index in [9.17, 15) is 18.0 Å². The first kappa shape index (κ1) is 31.1. The maximum absolute atomic E-state index is 14.1. The Morgan fingerprint density at radius 3 is 2.02 bits per heavy atom. The van der Waals surface area contributed by atoms with Gasteiger partial charge in [-0.05, 0) is 72.6 Å². The third-order valence-electron chi connectivity index (χ3n) is 6.83. The number of hydrogen-bond donors (Lipinski definition) is 1. The van der Waals surface area contributed by atoms with E-state index in [1.807, 2.05) is 36.4 Å². The summed E-state index contributed by atoms with van der Waals surface area (Å²) < 4.78 is 40.2. The fourth-order valence-electron chi connectivity index (χ4n) is 4.61. The molecule has 4 aromatic rings. The molecule has 1 atom stereocenters. The van der Waals surface area contributed by atoms with E-state index in [0.29, 0.717) is 23.7 Å². The van der Waals surface area contributed by atoms with Crippen LogP contribution in [-0.4, -0.2) is 51.9 Å². The first-order chi connectivity index (χ1) is 20.8. The first-order valence-electron chi connectivity index (χ1n) is 13.8. The topological polar surface area (TPSA) is 105 Å². The molecule has 0 bridgehead atoms. The van der Waals surface area contributed by atoms with Gasteiger partial charge in [0.25, 0.3) is 10.0 Å². The van der Waals surface area contributed by atoms with Gasteiger partial charge in [-0.2, -0.15) is 0 Å². The highest BCUT2D eigenvalue weighted by Crippen LogP contribution is 2.29. The number of carbonyl (C=O) groups is 2. The zero-order valence-corrected chi connectivity index (χ0v) is 25.2. The van der Waals surface area contributed by atoms with Crippen molar-refractivity contribution in [1.82, 2.24) is 10.2 Å². The normalized spacial score (nSPS) is 11.7. The molecular formula is C33H35N3O6S. The Kier molecular flexibility index (Phi) is 10.4. The summed E-state index contributed by atoms with van der Waals surface area (Å²) in [6, 6.07) is 30.0. The van der Waals surface area contributed by atoms with Crippen molar-refractivity contribution in [1.29, 1.82) is 0 Å². The minimum Gasteiger partial charge on any atom is -0.497 e. The third-order valence-corrected chi connectivity index (χ3v) is 8.62. The van der Waals surface area contributed by atoms with Crippen LogP contribution in [0.1, 0.15) is 18.9 Å². The van der Waals surface area contributed by atoms with Crippen LogP contribution < -0.4 is 19.1 Å². The predicted molar refractivity (Wildman–Crippen MR) is 166 cm³/mol. The molecule has 0 aliphatic heterocycles. The lowest BCUT2D eigenvalue weighted by Gasteiger charge is -2.33. The SMILES string of the molecule is CC[C@@H](C(=O)NC)N(Cc1cccc(OC)c1)C(=O)CN(c1ccc(Oc2ccccc2)cc1)S(=O)(=O)c1ccccc1. The molecule has 43 heavy (non-hydrogen) atoms. The van der Waals surface area contributed by atoms with Gasteiger partial charge in [0, 0.05) is 13.6 Å². The van der Waals surface area contributed by atoms with Crippen LogP contribution in [0.2, 0.25) is 0 Å². The molecule has 0 saturated heterocycles. The number of hydrogen-bond acceptors (Lipinski definition) is 6. The number of rotatable bonds is 13. The average molecular weight is 602 g/mol. The van der Waals surface area contributed by atoms with Crippen LogP contribution in [-0.2, 0) is 26.2 Å². The lowest BCUT2D eigenvalue weighted by molar-refractivity contribution is -0.140. The lowest BCUT2D eigenvalue weighted by atomic mass is 10.1. The van der Waals surface area contributed by atoms with E-state index >= 15 is 0 Å². The van der Waals surface area contributed by atoms with Crippen LogP contribution in [0.25, 0.3) is 0 Å². The number of methoxy groups -OCH3 is 1. The number of benzene rings is 4. The average Bonchev–Trinajstić information content (AvgIpc) is 3.04. The van der Waals surface area contributed by atoms with E-state index in [4.69, 9.17) is 9.47 Å². The number of para-hydroxylation sites is 1. The lowest BCUT2D eigenvalue weighted by Crippen LogP contribution is -2.51. The summed E-state index contributed by atoms with van der Waals surface area (Å²) in [4.78, 5) is 28.4. The summed E-state index contributed by atoms with van der Waals surface area (Å²) in [5.41, 5.74) is 1.00. The van der Waals surface area contributed by atoms with E-state index in [0.717, 1.165) is 9.87 Å². The highest BCUT2D eigenvalue weighted by Gasteiger charge is 2.33. The Balaban J connectivity index is 1.71. The number of likely N-dealkylation sites (N-methyl/N-ethyl adjacent to an activating group) is 1. The molecular weight excluding hydrogens is 566 g/mol. The number of carbonyl (C=O) groups excluding carboxylic acids is 2. The van der Waals surface area contributed by atoms with Gasteiger partial charge in [-0.1, -0.05) is 55.5 Å². The van der Waals surface area contributed by atoms with E-state index in [1.54, 1.807) is 74.7 Å². The second kappa shape index (κ2) is 14.4. The molecule has 10 heteroatoms. The van der Waals surface area contributed by atoms with Gasteiger partial charge < -0.3 is 19.7 Å². The second-order valence-electron chi connectivity index (χ2n) is 9.65. The van der Waals surface area contributed by atoms with Crippen molar-refractivity contribution in [2.75, 3.05) is 25.0 Å². The summed E-state index contributed by atoms with van der Waals surface area (Å²) in [7, 11) is -1.12. The fourth-order valence-corrected chi connectivity index (χ4v) is 6.04. The number of nitrogens with zero attached hydrogens (tertiary/aromatic N) is 2. The number of amides is 2. The van der Waals surface area contributed by atoms with Gasteiger partial charge in [-0.25, -0.2) is 8.42 Å². The van der Waals surface area contributed by atoms with Crippen molar-refractivity contribution in [2.24, 2.45) is 0 Å². The summed E-state index contributed by atoms with van der Waals surface area (Å²) in [5, 5.41) is 2.62. The third kappa shape index (κ3) is 7.72. The predicted octanol–water partition coefficient (Wildman–Crippen LogP) is 5.24. The van der Waals surface area contributed by atoms with Crippen LogP contribution in [0.3, 0.4) is 0 Å². The Morgan fingerprint density at radius 2 is 1.42 bits per heavy atom. The summed E-state index contributed by atoms with van der Waals surface area (Å²) >= 11 is 0. The summed E-state index contributed by atoms with van der Waals surface area (Å²) in [6.45, 7) is 1.34. The number of sulfonamides is 1. The van der Waals surface area contributed by atoms with Gasteiger partial charge in [0.05, 0.1) is 17.7 Å². The van der Waals surface area contributed by atoms with Crippen molar-refractivity contribution in [3.05, 3.63) is 115 Å². The molecule has 0 heterocycles. The Morgan fingerprint density at radius 1 is 0.814 bits per heavy atom. The molecule has 2 amide bonds. The highest BCUT2D eigenvalue weighted by atomic mass is 32.2. The van der Waals surface area contributed by atoms with Gasteiger partial charge in [0.1, 0.15) is 29.8 Å². The zero-order chi connectivity index (χ0) is 30.8. The van der Waals surface area contributed by atoms with Crippen molar-refractivity contribution >= 4 is 27.5 Å². The molecule has 9 nitrogen and oxygen atoms in total. The number of ether oxygens (including phenoxy) is 2. The van der Waals surface area contributed by atoms with Gasteiger partial charge in [-0.3, -0.25) is 13.9 Å². The van der Waals surface area contributed by atoms with Gasteiger partial charge >= 0.3 is 0 Å². The minimum atomic E-state index is -4.17. The molecule has 4 aromatic carbocycles. The van der Waals surface area contributed by atoms with E-state index in [2.05, 4.69) is 5.32 Å². The van der Waals surface area contributed by atoms with Crippen LogP contribution in [0.5, 0.6) is 17.2 Å². The summed E-state index contributed by atoms with van der Waals surface area (Å²) in [6.07, 6.45) is 0.326. The molecule has 0 saturated carbocycles. The maximum Gasteiger partial charge on any atom is 0.264 e. The zero-order valence-electron chi connectivity index (χ0n) is 24.3. The highest BCUT2D eigenvalue weighted by molar-refractivity contribution is 7.92. The van der Waals surface area contributed by atoms with Gasteiger partial charge in [0.2, 0.25) is 11.8 Å². The van der Waals surface area contributed by atoms with Crippen molar-refractivity contribution in [3.63, 3.8) is 0 Å². The number of nitrogens with one attached hydrogen (secondary N) is 1. The van der Waals surface area contributed by atoms with Gasteiger partial charge in [0.15, 0.2) is 0 Å². The summed E-state index contributed by atoms with van der Waals surface area (Å²) in [5.74, 6) is 0.848. The number of anilines is 1. The molecule has 224 valence electrons. The second-order valence-corrected chi connectivity index (χ2v) is 11.5. The molecule has 1 N–H and O–H groups in total. The quantitative estimate of drug-likeness (QED) is 0.225. The standard InChI is InChI=1S/C33H35N3O6S/c1-4-31(33(38)34-2)35(23-25-12-11-15-29(22-25)41-3)32(37)24-36(43(39,40)30-16-9-6-10-17-30)26-18-20-28(21-19-26)42-27-13-7-5-8-14-27/h5-22,31H,4,23-24H2,1-3H3,(H,34,38)/t31-/m0/s1. The minimum absolute atomic E-state index is 0.0325. The fraction of sp³-hybridized carbons (Fsp3) is 0.212. The van der Waals surface area contributed by atoms with Crippen molar-refractivity contribution in [2.45, 2.75) is 30.8 Å². The molecule has 0 aliphatic rings. The van der Waals surface area contributed by atoms with Crippen LogP contribution in [0.15, 0.2) is 114 Å². The van der Waals surface area contributed by atoms with E-state index in [1.165, 1.54) is 24.1 Å². The molecule has 0 radical (unpaired) electrons. The maximum atomic E-state index is 14.1. The first-order valence-corrected chi connectivity index (χ1v) is 15.3. The smallest absolute Gasteiger partial charge is 0.264 e. The van der Waals surface area contributed by atoms with Crippen LogP contribution >= 0.6 is 0 Å². The Labute approximate surface area is 252 Å². The Bertz CT molecular complexity index is 1610. The molecule has 0 unspecified atom stereocenters. The van der Waals surface area contributed by atoms with E-state index in [-0.39, 0.29) is 23.0 Å². The van der Waals surface area contributed by atoms with Crippen LogP contribution in [0.4, 0.5) is 5.69 Å². The molecule has 4 rings (SSSR count). The van der Waals surface area contributed by atoms with Gasteiger partial charge in [-0.15, -0.1) is 0 Å². The largest absolute Gasteiger partial charge is 0.497 e. The Hall–Kier alpha value is -4.83. The van der Waals surface area contributed by atoms with Crippen molar-refractivity contribution in [3.8, 4) is 17.2 Å². The molecule has 0 fully saturated rings. The molecule has 0 aliphatic carbocycles. The monoisotopic (exact) mass is 601 g/mol. The van der Waals surface area contributed by atoms with Crippen molar-refractivity contribution < 1.29 is 27.5 Å². The van der Waals surface area contributed by atoms with Crippen LogP contribution in [0, 0.1) is 0 Å². The molecule has 0 aromatic heterocycles.